The van der Waals surface area contributed by atoms with E-state index in [0.29, 0.717) is 5.56 Å². The smallest absolute Gasteiger partial charge is 0.406 e. The van der Waals surface area contributed by atoms with Crippen LogP contribution < -0.4 is 10.1 Å². The number of hydrogen-bond donors (Lipinski definition) is 1. The van der Waals surface area contributed by atoms with Crippen LogP contribution in [0.5, 0.6) is 5.75 Å². The number of aliphatic imine (C=N–C) groups is 1. The van der Waals surface area contributed by atoms with Crippen molar-refractivity contribution in [3.63, 3.8) is 0 Å². The van der Waals surface area contributed by atoms with Gasteiger partial charge in [-0.15, -0.1) is 13.2 Å². The number of carbonyl (C=O) groups is 2. The average molecular weight is 567 g/mol. The molecule has 1 N–H and O–H groups in total. The number of halogens is 3. The van der Waals surface area contributed by atoms with Gasteiger partial charge in [0.1, 0.15) is 17.1 Å². The molecule has 0 unspecified atom stereocenters. The van der Waals surface area contributed by atoms with Gasteiger partial charge in [0.05, 0.1) is 5.75 Å². The third-order valence-corrected chi connectivity index (χ3v) is 8.77. The molecule has 2 aliphatic heterocycles. The van der Waals surface area contributed by atoms with Crippen molar-refractivity contribution in [1.82, 2.24) is 14.5 Å². The van der Waals surface area contributed by atoms with Gasteiger partial charge < -0.3 is 15.0 Å². The van der Waals surface area contributed by atoms with Crippen molar-refractivity contribution in [3.8, 4) is 5.75 Å². The molecule has 13 heteroatoms. The van der Waals surface area contributed by atoms with E-state index >= 15 is 0 Å². The van der Waals surface area contributed by atoms with E-state index in [2.05, 4.69) is 15.0 Å². The molecule has 0 aliphatic carbocycles. The number of sulfonamides is 1. The Hall–Kier alpha value is -3.45. The van der Waals surface area contributed by atoms with Gasteiger partial charge in [-0.3, -0.25) is 14.6 Å². The molecule has 39 heavy (non-hydrogen) atoms. The summed E-state index contributed by atoms with van der Waals surface area (Å²) in [7, 11) is -0.375. The number of carbonyl (C=O) groups excluding carboxylic acids is 2. The summed E-state index contributed by atoms with van der Waals surface area (Å²) in [5, 5.41) is 2.62. The van der Waals surface area contributed by atoms with Crippen molar-refractivity contribution in [2.45, 2.75) is 38.1 Å². The third kappa shape index (κ3) is 6.41. The second-order valence-electron chi connectivity index (χ2n) is 9.83. The molecular weight excluding hydrogens is 537 g/mol. The Bertz CT molecular complexity index is 1410. The Morgan fingerprint density at radius 2 is 1.85 bits per heavy atom. The number of amides is 2. The largest absolute Gasteiger partial charge is 0.573 e. The highest BCUT2D eigenvalue weighted by molar-refractivity contribution is 7.89. The lowest BCUT2D eigenvalue weighted by Gasteiger charge is -2.34. The summed E-state index contributed by atoms with van der Waals surface area (Å²) < 4.78 is 69.3. The van der Waals surface area contributed by atoms with Gasteiger partial charge in [-0.25, -0.2) is 12.7 Å². The monoisotopic (exact) mass is 566 g/mol. The maximum absolute atomic E-state index is 13.1. The lowest BCUT2D eigenvalue weighted by atomic mass is 9.89. The minimum absolute atomic E-state index is 0.0713. The first-order valence-corrected chi connectivity index (χ1v) is 13.9. The second-order valence-corrected chi connectivity index (χ2v) is 11.9. The molecule has 2 aromatic rings. The molecule has 2 amide bonds. The standard InChI is InChI=1S/C26H29F3N4O5S/c1-17-7-8-20(23(34)32(2)3)15-18(17)9-14-39(36,37)33-12-10-25(11-13-33)24(35)30-22(31-25)19-5-4-6-21(16-19)38-26(27,28)29/h4-8,15-16H,9-14H2,1-3H3,(H,30,31,35). The summed E-state index contributed by atoms with van der Waals surface area (Å²) in [5.74, 6) is -1.07. The Balaban J connectivity index is 1.43. The average Bonchev–Trinajstić information content (AvgIpc) is 3.17. The molecule has 9 nitrogen and oxygen atoms in total. The maximum Gasteiger partial charge on any atom is 0.573 e. The molecule has 1 spiro atoms. The summed E-state index contributed by atoms with van der Waals surface area (Å²) in [5.41, 5.74) is 1.18. The molecule has 1 saturated heterocycles. The summed E-state index contributed by atoms with van der Waals surface area (Å²) in [4.78, 5) is 31.1. The number of piperidine rings is 1. The van der Waals surface area contributed by atoms with Gasteiger partial charge in [0.2, 0.25) is 10.0 Å². The molecule has 0 bridgehead atoms. The zero-order valence-corrected chi connectivity index (χ0v) is 22.5. The van der Waals surface area contributed by atoms with Crippen LogP contribution in [0.25, 0.3) is 0 Å². The fraction of sp³-hybridized carbons (Fsp3) is 0.423. The summed E-state index contributed by atoms with van der Waals surface area (Å²) in [6, 6.07) is 10.4. The van der Waals surface area contributed by atoms with E-state index < -0.39 is 33.6 Å². The SMILES string of the molecule is Cc1ccc(C(=O)N(C)C)cc1CCS(=O)(=O)N1CCC2(CC1)N=C(c1cccc(OC(F)(F)F)c1)NC2=O. The van der Waals surface area contributed by atoms with Crippen molar-refractivity contribution in [2.24, 2.45) is 4.99 Å². The normalized spacial score (nSPS) is 17.6. The van der Waals surface area contributed by atoms with E-state index in [0.717, 1.165) is 23.3 Å². The number of rotatable bonds is 7. The predicted octanol–water partition coefficient (Wildman–Crippen LogP) is 2.88. The van der Waals surface area contributed by atoms with Gasteiger partial charge >= 0.3 is 6.36 Å². The Morgan fingerprint density at radius 3 is 2.49 bits per heavy atom. The molecule has 4 rings (SSSR count). The zero-order valence-electron chi connectivity index (χ0n) is 21.7. The number of amidine groups is 1. The second kappa shape index (κ2) is 10.6. The summed E-state index contributed by atoms with van der Waals surface area (Å²) >= 11 is 0. The first kappa shape index (κ1) is 28.6. The highest BCUT2D eigenvalue weighted by atomic mass is 32.2. The van der Waals surface area contributed by atoms with E-state index in [4.69, 9.17) is 0 Å². The number of ether oxygens (including phenoxy) is 1. The van der Waals surface area contributed by atoms with E-state index in [-0.39, 0.29) is 55.4 Å². The fourth-order valence-corrected chi connectivity index (χ4v) is 6.14. The van der Waals surface area contributed by atoms with Crippen LogP contribution in [0.15, 0.2) is 47.5 Å². The van der Waals surface area contributed by atoms with Crippen LogP contribution in [0.1, 0.15) is 39.9 Å². The van der Waals surface area contributed by atoms with Crippen LogP contribution >= 0.6 is 0 Å². The Labute approximate surface area is 224 Å². The maximum atomic E-state index is 13.1. The predicted molar refractivity (Wildman–Crippen MR) is 138 cm³/mol. The van der Waals surface area contributed by atoms with Gasteiger partial charge in [0.25, 0.3) is 11.8 Å². The Morgan fingerprint density at radius 1 is 1.15 bits per heavy atom. The number of hydrogen-bond acceptors (Lipinski definition) is 6. The van der Waals surface area contributed by atoms with Gasteiger partial charge in [-0.1, -0.05) is 18.2 Å². The van der Waals surface area contributed by atoms with Crippen molar-refractivity contribution in [2.75, 3.05) is 32.9 Å². The Kier molecular flexibility index (Phi) is 7.77. The van der Waals surface area contributed by atoms with Crippen LogP contribution in [0.3, 0.4) is 0 Å². The number of alkyl halides is 3. The quantitative estimate of drug-likeness (QED) is 0.555. The van der Waals surface area contributed by atoms with Crippen LogP contribution in [-0.2, 0) is 21.2 Å². The molecule has 0 saturated carbocycles. The lowest BCUT2D eigenvalue weighted by Crippen LogP contribution is -2.50. The van der Waals surface area contributed by atoms with E-state index in [9.17, 15) is 31.2 Å². The molecule has 210 valence electrons. The highest BCUT2D eigenvalue weighted by Gasteiger charge is 2.47. The zero-order chi connectivity index (χ0) is 28.6. The van der Waals surface area contributed by atoms with Crippen LogP contribution in [0, 0.1) is 6.92 Å². The van der Waals surface area contributed by atoms with Crippen molar-refractivity contribution >= 4 is 27.7 Å². The van der Waals surface area contributed by atoms with Crippen LogP contribution in [0.4, 0.5) is 13.2 Å². The van der Waals surface area contributed by atoms with Gasteiger partial charge in [0, 0.05) is 38.3 Å². The summed E-state index contributed by atoms with van der Waals surface area (Å²) in [6.45, 7) is 2.00. The topological polar surface area (TPSA) is 108 Å². The molecular formula is C26H29F3N4O5S. The first-order valence-electron chi connectivity index (χ1n) is 12.3. The minimum Gasteiger partial charge on any atom is -0.406 e. The highest BCUT2D eigenvalue weighted by Crippen LogP contribution is 2.33. The van der Waals surface area contributed by atoms with Crippen LogP contribution in [0.2, 0.25) is 0 Å². The van der Waals surface area contributed by atoms with Crippen LogP contribution in [-0.4, -0.2) is 80.1 Å². The molecule has 0 aromatic heterocycles. The number of nitrogens with one attached hydrogen (secondary N) is 1. The lowest BCUT2D eigenvalue weighted by molar-refractivity contribution is -0.274. The first-order chi connectivity index (χ1) is 18.2. The third-order valence-electron chi connectivity index (χ3n) is 6.90. The molecule has 0 atom stereocenters. The number of nitrogens with zero attached hydrogens (tertiary/aromatic N) is 3. The van der Waals surface area contributed by atoms with E-state index in [1.54, 1.807) is 32.3 Å². The number of aryl methyl sites for hydroxylation is 2. The van der Waals surface area contributed by atoms with Crippen molar-refractivity contribution in [1.29, 1.82) is 0 Å². The van der Waals surface area contributed by atoms with Crippen molar-refractivity contribution in [3.05, 3.63) is 64.7 Å². The minimum atomic E-state index is -4.86. The van der Waals surface area contributed by atoms with Gasteiger partial charge in [-0.2, -0.15) is 0 Å². The summed E-state index contributed by atoms with van der Waals surface area (Å²) in [6.07, 6.45) is -4.37. The molecule has 1 fully saturated rings. The number of benzene rings is 2. The molecule has 2 aliphatic rings. The molecule has 0 radical (unpaired) electrons. The van der Waals surface area contributed by atoms with Gasteiger partial charge in [-0.05, 0) is 61.6 Å². The fourth-order valence-electron chi connectivity index (χ4n) is 4.67. The van der Waals surface area contributed by atoms with E-state index in [1.807, 2.05) is 6.92 Å². The molecule has 2 aromatic carbocycles. The van der Waals surface area contributed by atoms with Crippen molar-refractivity contribution < 1.29 is 35.9 Å². The molecule has 2 heterocycles. The van der Waals surface area contributed by atoms with Gasteiger partial charge in [0.15, 0.2) is 0 Å². The van der Waals surface area contributed by atoms with E-state index in [1.165, 1.54) is 21.3 Å².